The van der Waals surface area contributed by atoms with Gasteiger partial charge in [-0.1, -0.05) is 6.07 Å². The van der Waals surface area contributed by atoms with Gasteiger partial charge < -0.3 is 29.6 Å². The van der Waals surface area contributed by atoms with Gasteiger partial charge in [0.05, 0.1) is 26.1 Å². The number of amides is 2. The summed E-state index contributed by atoms with van der Waals surface area (Å²) in [6, 6.07) is 8.60. The van der Waals surface area contributed by atoms with Crippen LogP contribution in [0.4, 0.5) is 4.79 Å². The molecule has 0 aliphatic carbocycles. The smallest absolute Gasteiger partial charge is 0.315 e. The number of furan rings is 1. The summed E-state index contributed by atoms with van der Waals surface area (Å²) in [5.74, 6) is 1.89. The summed E-state index contributed by atoms with van der Waals surface area (Å²) in [5.41, 5.74) is -0.228. The largest absolute Gasteiger partial charge is 0.493 e. The molecule has 0 saturated heterocycles. The second kappa shape index (κ2) is 8.43. The first kappa shape index (κ1) is 18.7. The molecule has 2 rings (SSSR count). The number of ether oxygens (including phenoxy) is 2. The summed E-state index contributed by atoms with van der Waals surface area (Å²) in [6.07, 6.45) is 1.87. The van der Waals surface area contributed by atoms with Crippen LogP contribution in [0.3, 0.4) is 0 Å². The van der Waals surface area contributed by atoms with Crippen LogP contribution in [-0.2, 0) is 13.0 Å². The Bertz CT molecular complexity index is 683. The van der Waals surface area contributed by atoms with Crippen molar-refractivity contribution in [2.45, 2.75) is 25.5 Å². The number of carbonyl (C=O) groups is 1. The van der Waals surface area contributed by atoms with Crippen molar-refractivity contribution in [1.29, 1.82) is 0 Å². The quantitative estimate of drug-likeness (QED) is 0.679. The molecule has 0 unspecified atom stereocenters. The maximum absolute atomic E-state index is 11.9. The highest BCUT2D eigenvalue weighted by molar-refractivity contribution is 5.73. The van der Waals surface area contributed by atoms with Gasteiger partial charge in [0.25, 0.3) is 0 Å². The molecule has 7 heteroatoms. The van der Waals surface area contributed by atoms with Crippen LogP contribution >= 0.6 is 0 Å². The highest BCUT2D eigenvalue weighted by atomic mass is 16.5. The van der Waals surface area contributed by atoms with Crippen molar-refractivity contribution in [3.05, 3.63) is 47.9 Å². The van der Waals surface area contributed by atoms with Crippen LogP contribution in [0.25, 0.3) is 0 Å². The Labute approximate surface area is 146 Å². The van der Waals surface area contributed by atoms with Crippen LogP contribution in [-0.4, -0.2) is 37.5 Å². The van der Waals surface area contributed by atoms with E-state index in [0.29, 0.717) is 30.2 Å². The fourth-order valence-electron chi connectivity index (χ4n) is 2.36. The highest BCUT2D eigenvalue weighted by Gasteiger charge is 2.23. The summed E-state index contributed by atoms with van der Waals surface area (Å²) in [5, 5.41) is 15.7. The molecule has 25 heavy (non-hydrogen) atoms. The van der Waals surface area contributed by atoms with Gasteiger partial charge in [-0.2, -0.15) is 0 Å². The van der Waals surface area contributed by atoms with E-state index in [4.69, 9.17) is 13.9 Å². The zero-order valence-electron chi connectivity index (χ0n) is 14.7. The molecule has 0 bridgehead atoms. The molecular formula is C18H24N2O5. The summed E-state index contributed by atoms with van der Waals surface area (Å²) < 4.78 is 15.6. The first-order valence-corrected chi connectivity index (χ1v) is 7.91. The lowest BCUT2D eigenvalue weighted by Gasteiger charge is -2.22. The fraction of sp³-hybridized carbons (Fsp3) is 0.389. The lowest BCUT2D eigenvalue weighted by molar-refractivity contribution is 0.0571. The number of hydrogen-bond donors (Lipinski definition) is 3. The third-order valence-electron chi connectivity index (χ3n) is 3.67. The number of nitrogens with one attached hydrogen (secondary N) is 2. The molecule has 0 spiro atoms. The molecule has 1 aromatic carbocycles. The normalized spacial score (nSPS) is 13.0. The molecule has 0 saturated carbocycles. The maximum atomic E-state index is 11.9. The Hall–Kier alpha value is -2.67. The number of carbonyl (C=O) groups excluding carboxylic acids is 1. The van der Waals surface area contributed by atoms with E-state index in [1.165, 1.54) is 0 Å². The third-order valence-corrected chi connectivity index (χ3v) is 3.67. The van der Waals surface area contributed by atoms with Crippen molar-refractivity contribution in [3.63, 3.8) is 0 Å². The molecule has 1 aromatic heterocycles. The minimum Gasteiger partial charge on any atom is -0.493 e. The van der Waals surface area contributed by atoms with Crippen molar-refractivity contribution < 1.29 is 23.8 Å². The van der Waals surface area contributed by atoms with Crippen LogP contribution in [0.1, 0.15) is 18.2 Å². The highest BCUT2D eigenvalue weighted by Crippen LogP contribution is 2.27. The SMILES string of the molecule is COc1ccc(CNC(=O)NC[C@](C)(O)Cc2ccco2)cc1OC. The van der Waals surface area contributed by atoms with Gasteiger partial charge in [0.2, 0.25) is 0 Å². The Kier molecular flexibility index (Phi) is 6.30. The molecule has 2 aromatic rings. The van der Waals surface area contributed by atoms with Crippen LogP contribution < -0.4 is 20.1 Å². The number of benzene rings is 1. The Morgan fingerprint density at radius 2 is 1.96 bits per heavy atom. The fourth-order valence-corrected chi connectivity index (χ4v) is 2.36. The van der Waals surface area contributed by atoms with E-state index in [2.05, 4.69) is 10.6 Å². The molecule has 7 nitrogen and oxygen atoms in total. The molecule has 1 atom stereocenters. The maximum Gasteiger partial charge on any atom is 0.315 e. The van der Waals surface area contributed by atoms with Gasteiger partial charge in [0.15, 0.2) is 11.5 Å². The Morgan fingerprint density at radius 3 is 2.60 bits per heavy atom. The van der Waals surface area contributed by atoms with Gasteiger partial charge in [-0.3, -0.25) is 0 Å². The van der Waals surface area contributed by atoms with Crippen molar-refractivity contribution in [3.8, 4) is 11.5 Å². The summed E-state index contributed by atoms with van der Waals surface area (Å²) in [6.45, 7) is 2.07. The van der Waals surface area contributed by atoms with Crippen molar-refractivity contribution >= 4 is 6.03 Å². The summed E-state index contributed by atoms with van der Waals surface area (Å²) in [7, 11) is 3.13. The van der Waals surface area contributed by atoms with Crippen molar-refractivity contribution in [1.82, 2.24) is 10.6 Å². The molecule has 136 valence electrons. The minimum atomic E-state index is -1.10. The number of methoxy groups -OCH3 is 2. The number of urea groups is 1. The average Bonchev–Trinajstić information content (AvgIpc) is 3.10. The van der Waals surface area contributed by atoms with Gasteiger partial charge >= 0.3 is 6.03 Å². The molecule has 0 radical (unpaired) electrons. The number of hydrogen-bond acceptors (Lipinski definition) is 5. The van der Waals surface area contributed by atoms with Crippen LogP contribution in [0.15, 0.2) is 41.0 Å². The van der Waals surface area contributed by atoms with Crippen molar-refractivity contribution in [2.75, 3.05) is 20.8 Å². The van der Waals surface area contributed by atoms with E-state index in [1.54, 1.807) is 51.7 Å². The molecule has 0 aliphatic rings. The third kappa shape index (κ3) is 5.72. The van der Waals surface area contributed by atoms with Gasteiger partial charge in [0.1, 0.15) is 5.76 Å². The lowest BCUT2D eigenvalue weighted by atomic mass is 10.0. The molecule has 0 fully saturated rings. The lowest BCUT2D eigenvalue weighted by Crippen LogP contribution is -2.45. The topological polar surface area (TPSA) is 93.0 Å². The van der Waals surface area contributed by atoms with Crippen LogP contribution in [0.2, 0.25) is 0 Å². The van der Waals surface area contributed by atoms with E-state index < -0.39 is 5.60 Å². The number of rotatable bonds is 8. The van der Waals surface area contributed by atoms with Crippen LogP contribution in [0, 0.1) is 0 Å². The predicted molar refractivity (Wildman–Crippen MR) is 92.8 cm³/mol. The Balaban J connectivity index is 1.80. The number of aliphatic hydroxyl groups is 1. The molecule has 3 N–H and O–H groups in total. The van der Waals surface area contributed by atoms with Gasteiger partial charge in [-0.25, -0.2) is 4.79 Å². The van der Waals surface area contributed by atoms with Gasteiger partial charge in [-0.15, -0.1) is 0 Å². The first-order chi connectivity index (χ1) is 11.9. The second-order valence-electron chi connectivity index (χ2n) is 5.98. The van der Waals surface area contributed by atoms with E-state index in [0.717, 1.165) is 5.56 Å². The van der Waals surface area contributed by atoms with Crippen molar-refractivity contribution in [2.24, 2.45) is 0 Å². The molecular weight excluding hydrogens is 324 g/mol. The molecule has 1 heterocycles. The molecule has 2 amide bonds. The zero-order chi connectivity index (χ0) is 18.3. The summed E-state index contributed by atoms with van der Waals surface area (Å²) in [4.78, 5) is 11.9. The van der Waals surface area contributed by atoms with E-state index >= 15 is 0 Å². The minimum absolute atomic E-state index is 0.103. The first-order valence-electron chi connectivity index (χ1n) is 7.91. The van der Waals surface area contributed by atoms with E-state index in [9.17, 15) is 9.90 Å². The average molecular weight is 348 g/mol. The summed E-state index contributed by atoms with van der Waals surface area (Å²) >= 11 is 0. The van der Waals surface area contributed by atoms with E-state index in [1.807, 2.05) is 6.07 Å². The second-order valence-corrected chi connectivity index (χ2v) is 5.98. The van der Waals surface area contributed by atoms with E-state index in [-0.39, 0.29) is 12.6 Å². The monoisotopic (exact) mass is 348 g/mol. The van der Waals surface area contributed by atoms with Gasteiger partial charge in [-0.05, 0) is 36.8 Å². The Morgan fingerprint density at radius 1 is 1.20 bits per heavy atom. The predicted octanol–water partition coefficient (Wildman–Crippen LogP) is 2.09. The van der Waals surface area contributed by atoms with Gasteiger partial charge in [0, 0.05) is 19.5 Å². The molecule has 0 aliphatic heterocycles. The van der Waals surface area contributed by atoms with Crippen LogP contribution in [0.5, 0.6) is 11.5 Å². The standard InChI is InChI=1S/C18H24N2O5/c1-18(22,10-14-5-4-8-25-14)12-20-17(21)19-11-13-6-7-15(23-2)16(9-13)24-3/h4-9,22H,10-12H2,1-3H3,(H2,19,20,21)/t18-/m1/s1. The zero-order valence-corrected chi connectivity index (χ0v) is 14.7.